The van der Waals surface area contributed by atoms with E-state index in [0.717, 1.165) is 17.1 Å². The summed E-state index contributed by atoms with van der Waals surface area (Å²) in [5, 5.41) is 0. The molecule has 2 aliphatic rings. The lowest BCUT2D eigenvalue weighted by atomic mass is 9.55. The summed E-state index contributed by atoms with van der Waals surface area (Å²) in [6.07, 6.45) is 6.72. The van der Waals surface area contributed by atoms with Gasteiger partial charge in [0.05, 0.1) is 19.3 Å². The molecule has 0 amide bonds. The van der Waals surface area contributed by atoms with Crippen LogP contribution in [0.2, 0.25) is 0 Å². The first-order chi connectivity index (χ1) is 11.7. The van der Waals surface area contributed by atoms with Crippen molar-refractivity contribution in [1.29, 1.82) is 0 Å². The lowest BCUT2D eigenvalue weighted by Gasteiger charge is -2.53. The third-order valence-corrected chi connectivity index (χ3v) is 7.24. The van der Waals surface area contributed by atoms with Gasteiger partial charge in [-0.3, -0.25) is 0 Å². The van der Waals surface area contributed by atoms with E-state index in [0.29, 0.717) is 11.5 Å². The fourth-order valence-electron chi connectivity index (χ4n) is 3.76. The Labute approximate surface area is 155 Å². The van der Waals surface area contributed by atoms with Crippen LogP contribution in [0.5, 0.6) is 11.5 Å². The molecule has 1 spiro atoms. The summed E-state index contributed by atoms with van der Waals surface area (Å²) < 4.78 is 27.0. The topological polar surface area (TPSA) is 53.5 Å². The standard InChI is InChI=1S/C20H31NO3S/c1-14(21-25(22)19(2,3)4)17-8-7-15(23-5)11-18(17)24-16-12-20(13-16)9-6-10-20/h7-8,11,14,16,21H,6,9-10,12-13H2,1-5H3/t14-,25+/m1/s1. The van der Waals surface area contributed by atoms with Crippen LogP contribution in [0.4, 0.5) is 0 Å². The van der Waals surface area contributed by atoms with Gasteiger partial charge in [0, 0.05) is 23.0 Å². The SMILES string of the molecule is COc1ccc([C@@H](C)N[S@@+]([O-])C(C)(C)C)c(OC2CC3(CCC3)C2)c1. The van der Waals surface area contributed by atoms with Crippen LogP contribution in [-0.2, 0) is 11.4 Å². The molecule has 140 valence electrons. The van der Waals surface area contributed by atoms with E-state index in [9.17, 15) is 4.55 Å². The Hall–Kier alpha value is -0.910. The van der Waals surface area contributed by atoms with E-state index in [-0.39, 0.29) is 10.8 Å². The Morgan fingerprint density at radius 2 is 1.96 bits per heavy atom. The third kappa shape index (κ3) is 4.09. The number of benzene rings is 1. The van der Waals surface area contributed by atoms with Gasteiger partial charge in [-0.15, -0.1) is 4.72 Å². The molecule has 2 saturated carbocycles. The van der Waals surface area contributed by atoms with Gasteiger partial charge in [0.25, 0.3) is 0 Å². The van der Waals surface area contributed by atoms with E-state index in [1.807, 2.05) is 45.9 Å². The summed E-state index contributed by atoms with van der Waals surface area (Å²) in [5.41, 5.74) is 1.62. The highest BCUT2D eigenvalue weighted by Crippen LogP contribution is 2.56. The smallest absolute Gasteiger partial charge is 0.136 e. The summed E-state index contributed by atoms with van der Waals surface area (Å²) in [5.74, 6) is 1.64. The predicted octanol–water partition coefficient (Wildman–Crippen LogP) is 4.52. The minimum absolute atomic E-state index is 0.0568. The molecule has 1 aromatic carbocycles. The van der Waals surface area contributed by atoms with Crippen LogP contribution in [0.3, 0.4) is 0 Å². The lowest BCUT2D eigenvalue weighted by molar-refractivity contribution is -0.0685. The van der Waals surface area contributed by atoms with E-state index in [4.69, 9.17) is 9.47 Å². The van der Waals surface area contributed by atoms with Crippen molar-refractivity contribution in [3.8, 4) is 11.5 Å². The fourth-order valence-corrected chi connectivity index (χ4v) is 4.56. The summed E-state index contributed by atoms with van der Waals surface area (Å²) in [7, 11) is 1.67. The second-order valence-corrected chi connectivity index (χ2v) is 10.6. The zero-order valence-electron chi connectivity index (χ0n) is 16.1. The maximum Gasteiger partial charge on any atom is 0.136 e. The first-order valence-corrected chi connectivity index (χ1v) is 10.4. The van der Waals surface area contributed by atoms with Gasteiger partial charge in [-0.2, -0.15) is 0 Å². The van der Waals surface area contributed by atoms with Crippen LogP contribution in [0.1, 0.15) is 71.4 Å². The van der Waals surface area contributed by atoms with Crippen LogP contribution in [0.15, 0.2) is 18.2 Å². The van der Waals surface area contributed by atoms with Crippen LogP contribution in [0, 0.1) is 5.41 Å². The van der Waals surface area contributed by atoms with Gasteiger partial charge in [-0.25, -0.2) is 0 Å². The molecule has 1 aromatic rings. The van der Waals surface area contributed by atoms with Crippen molar-refractivity contribution in [1.82, 2.24) is 4.72 Å². The fraction of sp³-hybridized carbons (Fsp3) is 0.700. The molecule has 0 bridgehead atoms. The highest BCUT2D eigenvalue weighted by Gasteiger charge is 2.49. The zero-order chi connectivity index (χ0) is 18.2. The number of nitrogens with one attached hydrogen (secondary N) is 1. The molecule has 0 aliphatic heterocycles. The van der Waals surface area contributed by atoms with Gasteiger partial charge in [0.15, 0.2) is 0 Å². The van der Waals surface area contributed by atoms with Crippen LogP contribution in [-0.4, -0.2) is 22.5 Å². The first kappa shape index (κ1) is 18.9. The lowest BCUT2D eigenvalue weighted by Crippen LogP contribution is -2.48. The average molecular weight is 366 g/mol. The highest BCUT2D eigenvalue weighted by atomic mass is 32.2. The van der Waals surface area contributed by atoms with Gasteiger partial charge in [-0.1, -0.05) is 6.42 Å². The van der Waals surface area contributed by atoms with Gasteiger partial charge in [0.1, 0.15) is 16.2 Å². The molecule has 25 heavy (non-hydrogen) atoms. The van der Waals surface area contributed by atoms with Crippen molar-refractivity contribution in [3.63, 3.8) is 0 Å². The Bertz CT molecular complexity index is 601. The molecule has 4 nitrogen and oxygen atoms in total. The number of ether oxygens (including phenoxy) is 2. The largest absolute Gasteiger partial charge is 0.598 e. The monoisotopic (exact) mass is 365 g/mol. The Balaban J connectivity index is 1.71. The molecular formula is C20H31NO3S. The van der Waals surface area contributed by atoms with E-state index >= 15 is 0 Å². The molecule has 0 saturated heterocycles. The molecule has 5 heteroatoms. The minimum atomic E-state index is -1.13. The molecule has 0 radical (unpaired) electrons. The quantitative estimate of drug-likeness (QED) is 0.753. The van der Waals surface area contributed by atoms with Gasteiger partial charge >= 0.3 is 0 Å². The maximum absolute atomic E-state index is 12.4. The van der Waals surface area contributed by atoms with Crippen LogP contribution >= 0.6 is 0 Å². The molecule has 0 heterocycles. The first-order valence-electron chi connectivity index (χ1n) is 9.25. The molecule has 2 atom stereocenters. The second-order valence-electron chi connectivity index (χ2n) is 8.63. The van der Waals surface area contributed by atoms with Crippen molar-refractivity contribution >= 4 is 11.4 Å². The normalized spacial score (nSPS) is 22.0. The molecule has 2 fully saturated rings. The molecule has 2 aliphatic carbocycles. The molecular weight excluding hydrogens is 334 g/mol. The van der Waals surface area contributed by atoms with Crippen LogP contribution < -0.4 is 14.2 Å². The predicted molar refractivity (Wildman–Crippen MR) is 102 cm³/mol. The van der Waals surface area contributed by atoms with Crippen LogP contribution in [0.25, 0.3) is 0 Å². The molecule has 3 rings (SSSR count). The number of hydrogen-bond acceptors (Lipinski definition) is 4. The van der Waals surface area contributed by atoms with Gasteiger partial charge < -0.3 is 14.0 Å². The van der Waals surface area contributed by atoms with Crippen molar-refractivity contribution in [2.45, 2.75) is 76.7 Å². The Morgan fingerprint density at radius 3 is 2.48 bits per heavy atom. The summed E-state index contributed by atoms with van der Waals surface area (Å²) in [6.45, 7) is 7.95. The maximum atomic E-state index is 12.4. The van der Waals surface area contributed by atoms with E-state index in [2.05, 4.69) is 4.72 Å². The summed E-state index contributed by atoms with van der Waals surface area (Å²) >= 11 is -1.13. The highest BCUT2D eigenvalue weighted by molar-refractivity contribution is 7.90. The second kappa shape index (κ2) is 7.01. The summed E-state index contributed by atoms with van der Waals surface area (Å²) in [6, 6.07) is 5.86. The summed E-state index contributed by atoms with van der Waals surface area (Å²) in [4.78, 5) is 0. The number of hydrogen-bond donors (Lipinski definition) is 1. The van der Waals surface area contributed by atoms with Crippen molar-refractivity contribution in [3.05, 3.63) is 23.8 Å². The molecule has 0 unspecified atom stereocenters. The minimum Gasteiger partial charge on any atom is -0.598 e. The van der Waals surface area contributed by atoms with Gasteiger partial charge in [-0.05, 0) is 70.9 Å². The third-order valence-electron chi connectivity index (χ3n) is 5.56. The average Bonchev–Trinajstić information content (AvgIpc) is 2.47. The molecule has 1 N–H and O–H groups in total. The Kier molecular flexibility index (Phi) is 5.29. The van der Waals surface area contributed by atoms with Gasteiger partial charge in [0.2, 0.25) is 0 Å². The number of methoxy groups -OCH3 is 1. The van der Waals surface area contributed by atoms with Crippen molar-refractivity contribution in [2.75, 3.05) is 7.11 Å². The van der Waals surface area contributed by atoms with E-state index < -0.39 is 11.4 Å². The Morgan fingerprint density at radius 1 is 1.28 bits per heavy atom. The van der Waals surface area contributed by atoms with E-state index in [1.165, 1.54) is 32.1 Å². The van der Waals surface area contributed by atoms with Crippen molar-refractivity contribution in [2.24, 2.45) is 5.41 Å². The number of rotatable bonds is 6. The van der Waals surface area contributed by atoms with E-state index in [1.54, 1.807) is 7.11 Å². The zero-order valence-corrected chi connectivity index (χ0v) is 16.9. The van der Waals surface area contributed by atoms with Crippen molar-refractivity contribution < 1.29 is 14.0 Å². The molecule has 0 aromatic heterocycles.